The SMILES string of the molecule is CCCOc1ccc(NC(=O)N2CCOCC2)cc1-c1nn2c(C3CCCC3)nc(C)c2c(=O)[nH]1. The number of morpholine rings is 1. The number of aryl methyl sites for hydroxylation is 1. The highest BCUT2D eigenvalue weighted by atomic mass is 16.5. The zero-order chi connectivity index (χ0) is 24.4. The number of hydrogen-bond acceptors (Lipinski definition) is 6. The van der Waals surface area contributed by atoms with Crippen molar-refractivity contribution in [1.82, 2.24) is 24.5 Å². The maximum absolute atomic E-state index is 13.1. The summed E-state index contributed by atoms with van der Waals surface area (Å²) >= 11 is 0. The van der Waals surface area contributed by atoms with E-state index >= 15 is 0 Å². The number of urea groups is 1. The van der Waals surface area contributed by atoms with Crippen LogP contribution in [0.5, 0.6) is 5.75 Å². The van der Waals surface area contributed by atoms with Crippen molar-refractivity contribution in [2.75, 3.05) is 38.2 Å². The van der Waals surface area contributed by atoms with Gasteiger partial charge in [-0.15, -0.1) is 5.10 Å². The Morgan fingerprint density at radius 3 is 2.77 bits per heavy atom. The number of H-pyrrole nitrogens is 1. The van der Waals surface area contributed by atoms with Crippen LogP contribution in [-0.4, -0.2) is 63.4 Å². The lowest BCUT2D eigenvalue weighted by atomic mass is 10.1. The molecule has 0 spiro atoms. The van der Waals surface area contributed by atoms with E-state index in [0.717, 1.165) is 37.9 Å². The predicted octanol–water partition coefficient (Wildman–Crippen LogP) is 3.70. The van der Waals surface area contributed by atoms with Gasteiger partial charge >= 0.3 is 6.03 Å². The summed E-state index contributed by atoms with van der Waals surface area (Å²) in [7, 11) is 0. The summed E-state index contributed by atoms with van der Waals surface area (Å²) in [5.74, 6) is 2.12. The van der Waals surface area contributed by atoms with E-state index in [0.29, 0.717) is 72.9 Å². The number of rotatable bonds is 6. The topological polar surface area (TPSA) is 114 Å². The maximum Gasteiger partial charge on any atom is 0.321 e. The van der Waals surface area contributed by atoms with Crippen LogP contribution in [0, 0.1) is 6.92 Å². The van der Waals surface area contributed by atoms with Gasteiger partial charge in [0.25, 0.3) is 5.56 Å². The number of imidazole rings is 1. The van der Waals surface area contributed by atoms with E-state index in [1.807, 2.05) is 13.8 Å². The summed E-state index contributed by atoms with van der Waals surface area (Å²) in [6.45, 7) is 6.56. The van der Waals surface area contributed by atoms with Gasteiger partial charge in [0.15, 0.2) is 11.3 Å². The molecule has 2 fully saturated rings. The normalized spacial score (nSPS) is 16.7. The van der Waals surface area contributed by atoms with Crippen molar-refractivity contribution < 1.29 is 14.3 Å². The highest BCUT2D eigenvalue weighted by Crippen LogP contribution is 2.35. The molecule has 2 N–H and O–H groups in total. The first-order valence-electron chi connectivity index (χ1n) is 12.5. The number of ether oxygens (including phenoxy) is 2. The number of nitrogens with zero attached hydrogens (tertiary/aromatic N) is 4. The average Bonchev–Trinajstić information content (AvgIpc) is 3.52. The number of amides is 2. The van der Waals surface area contributed by atoms with Crippen molar-refractivity contribution in [3.63, 3.8) is 0 Å². The first-order chi connectivity index (χ1) is 17.0. The second-order valence-electron chi connectivity index (χ2n) is 9.19. The Kier molecular flexibility index (Phi) is 6.72. The molecule has 2 amide bonds. The Hall–Kier alpha value is -3.40. The number of aromatic amines is 1. The summed E-state index contributed by atoms with van der Waals surface area (Å²) in [5.41, 5.74) is 2.12. The van der Waals surface area contributed by atoms with E-state index in [-0.39, 0.29) is 11.6 Å². The van der Waals surface area contributed by atoms with Crippen molar-refractivity contribution in [1.29, 1.82) is 0 Å². The van der Waals surface area contributed by atoms with Crippen molar-refractivity contribution >= 4 is 17.2 Å². The van der Waals surface area contributed by atoms with Crippen molar-refractivity contribution in [3.8, 4) is 17.1 Å². The molecule has 35 heavy (non-hydrogen) atoms. The van der Waals surface area contributed by atoms with Crippen molar-refractivity contribution in [3.05, 3.63) is 40.1 Å². The molecule has 1 aliphatic carbocycles. The average molecular weight is 481 g/mol. The van der Waals surface area contributed by atoms with Gasteiger partial charge in [-0.1, -0.05) is 19.8 Å². The highest BCUT2D eigenvalue weighted by molar-refractivity contribution is 5.90. The van der Waals surface area contributed by atoms with E-state index < -0.39 is 0 Å². The molecule has 10 heteroatoms. The van der Waals surface area contributed by atoms with Gasteiger partial charge in [-0.3, -0.25) is 4.79 Å². The molecule has 1 aromatic carbocycles. The third kappa shape index (κ3) is 4.75. The number of aromatic nitrogens is 4. The fourth-order valence-corrected chi connectivity index (χ4v) is 4.86. The highest BCUT2D eigenvalue weighted by Gasteiger charge is 2.25. The standard InChI is InChI=1S/C25H32N6O4/c1-3-12-35-20-9-8-18(27-25(33)30-10-13-34-14-11-30)15-19(20)22-28-24(32)21-16(2)26-23(31(21)29-22)17-6-4-5-7-17/h8-9,15,17H,3-7,10-14H2,1-2H3,(H,27,33)(H,28,29,32). The number of anilines is 1. The van der Waals surface area contributed by atoms with Gasteiger partial charge in [0, 0.05) is 24.7 Å². The van der Waals surface area contributed by atoms with Crippen LogP contribution in [0.1, 0.15) is 56.5 Å². The maximum atomic E-state index is 13.1. The van der Waals surface area contributed by atoms with Crippen LogP contribution < -0.4 is 15.6 Å². The monoisotopic (exact) mass is 480 g/mol. The van der Waals surface area contributed by atoms with E-state index in [1.54, 1.807) is 27.6 Å². The van der Waals surface area contributed by atoms with E-state index in [1.165, 1.54) is 0 Å². The molecule has 1 aliphatic heterocycles. The van der Waals surface area contributed by atoms with Gasteiger partial charge in [-0.05, 0) is 44.4 Å². The van der Waals surface area contributed by atoms with Crippen LogP contribution >= 0.6 is 0 Å². The predicted molar refractivity (Wildman–Crippen MR) is 132 cm³/mol. The number of nitrogens with one attached hydrogen (secondary N) is 2. The van der Waals surface area contributed by atoms with E-state index in [9.17, 15) is 9.59 Å². The Balaban J connectivity index is 1.55. The first-order valence-corrected chi connectivity index (χ1v) is 12.5. The van der Waals surface area contributed by atoms with Gasteiger partial charge in [0.2, 0.25) is 0 Å². The number of carbonyl (C=O) groups is 1. The molecule has 0 unspecified atom stereocenters. The fraction of sp³-hybridized carbons (Fsp3) is 0.520. The van der Waals surface area contributed by atoms with Gasteiger partial charge in [-0.25, -0.2) is 14.3 Å². The summed E-state index contributed by atoms with van der Waals surface area (Å²) < 4.78 is 13.0. The Bertz CT molecular complexity index is 1270. The molecule has 1 saturated heterocycles. The third-order valence-corrected chi connectivity index (χ3v) is 6.67. The van der Waals surface area contributed by atoms with Crippen LogP contribution in [0.2, 0.25) is 0 Å². The first kappa shape index (κ1) is 23.3. The number of fused-ring (bicyclic) bond motifs is 1. The molecule has 0 atom stereocenters. The molecule has 186 valence electrons. The van der Waals surface area contributed by atoms with E-state index in [4.69, 9.17) is 19.6 Å². The third-order valence-electron chi connectivity index (χ3n) is 6.67. The zero-order valence-corrected chi connectivity index (χ0v) is 20.3. The van der Waals surface area contributed by atoms with Crippen LogP contribution in [0.3, 0.4) is 0 Å². The van der Waals surface area contributed by atoms with Crippen LogP contribution in [0.15, 0.2) is 23.0 Å². The molecular weight excluding hydrogens is 448 g/mol. The Morgan fingerprint density at radius 1 is 1.26 bits per heavy atom. The zero-order valence-electron chi connectivity index (χ0n) is 20.3. The van der Waals surface area contributed by atoms with E-state index in [2.05, 4.69) is 10.3 Å². The minimum Gasteiger partial charge on any atom is -0.493 e. The summed E-state index contributed by atoms with van der Waals surface area (Å²) in [6, 6.07) is 5.22. The summed E-state index contributed by atoms with van der Waals surface area (Å²) in [6.07, 6.45) is 5.26. The molecule has 0 bridgehead atoms. The van der Waals surface area contributed by atoms with Gasteiger partial charge in [-0.2, -0.15) is 0 Å². The number of benzene rings is 1. The van der Waals surface area contributed by atoms with Crippen molar-refractivity contribution in [2.45, 2.75) is 51.9 Å². The minimum absolute atomic E-state index is 0.188. The van der Waals surface area contributed by atoms with Crippen LogP contribution in [0.25, 0.3) is 16.9 Å². The molecule has 2 aliphatic rings. The van der Waals surface area contributed by atoms with Crippen LogP contribution in [-0.2, 0) is 4.74 Å². The molecule has 3 heterocycles. The number of carbonyl (C=O) groups excluding carboxylic acids is 1. The largest absolute Gasteiger partial charge is 0.493 e. The van der Waals surface area contributed by atoms with Gasteiger partial charge in [0.05, 0.1) is 31.1 Å². The smallest absolute Gasteiger partial charge is 0.321 e. The van der Waals surface area contributed by atoms with Crippen molar-refractivity contribution in [2.24, 2.45) is 0 Å². The van der Waals surface area contributed by atoms with Crippen LogP contribution in [0.4, 0.5) is 10.5 Å². The second kappa shape index (κ2) is 10.1. The molecule has 10 nitrogen and oxygen atoms in total. The lowest BCUT2D eigenvalue weighted by molar-refractivity contribution is 0.0564. The molecule has 2 aromatic heterocycles. The molecule has 0 radical (unpaired) electrons. The summed E-state index contributed by atoms with van der Waals surface area (Å²) in [5, 5.41) is 7.78. The molecular formula is C25H32N6O4. The molecule has 5 rings (SSSR count). The Morgan fingerprint density at radius 2 is 2.03 bits per heavy atom. The molecule has 1 saturated carbocycles. The lowest BCUT2D eigenvalue weighted by Gasteiger charge is -2.27. The van der Waals surface area contributed by atoms with Gasteiger partial charge in [0.1, 0.15) is 11.6 Å². The number of hydrogen-bond donors (Lipinski definition) is 2. The molecule has 3 aromatic rings. The minimum atomic E-state index is -0.242. The Labute approximate surface area is 203 Å². The fourth-order valence-electron chi connectivity index (χ4n) is 4.86. The second-order valence-corrected chi connectivity index (χ2v) is 9.19. The van der Waals surface area contributed by atoms with Gasteiger partial charge < -0.3 is 24.7 Å². The lowest BCUT2D eigenvalue weighted by Crippen LogP contribution is -2.43. The summed E-state index contributed by atoms with van der Waals surface area (Å²) in [4.78, 5) is 35.2. The quantitative estimate of drug-likeness (QED) is 0.556.